The van der Waals surface area contributed by atoms with Crippen LogP contribution in [0.5, 0.6) is 5.75 Å². The zero-order valence-electron chi connectivity index (χ0n) is 11.6. The Labute approximate surface area is 124 Å². The second-order valence-corrected chi connectivity index (χ2v) is 5.04. The van der Waals surface area contributed by atoms with E-state index in [0.29, 0.717) is 25.9 Å². The maximum Gasteiger partial charge on any atom is 0.573 e. The lowest BCUT2D eigenvalue weighted by molar-refractivity contribution is -0.274. The van der Waals surface area contributed by atoms with E-state index in [2.05, 4.69) is 4.74 Å². The van der Waals surface area contributed by atoms with Crippen LogP contribution in [0.25, 0.3) is 0 Å². The molecule has 0 spiro atoms. The minimum absolute atomic E-state index is 0.230. The molecule has 0 bridgehead atoms. The van der Waals surface area contributed by atoms with Crippen molar-refractivity contribution in [3.8, 4) is 5.75 Å². The normalized spacial score (nSPS) is 16.4. The molecule has 0 atom stereocenters. The van der Waals surface area contributed by atoms with Crippen molar-refractivity contribution in [2.75, 3.05) is 13.1 Å². The van der Waals surface area contributed by atoms with Gasteiger partial charge in [0.05, 0.1) is 0 Å². The molecule has 0 unspecified atom stereocenters. The summed E-state index contributed by atoms with van der Waals surface area (Å²) in [6.45, 7) is 0.792. The summed E-state index contributed by atoms with van der Waals surface area (Å²) in [5.41, 5.74) is 5.49. The molecule has 0 aliphatic carbocycles. The number of amides is 2. The van der Waals surface area contributed by atoms with Crippen LogP contribution in [0, 0.1) is 5.92 Å². The van der Waals surface area contributed by atoms with Crippen LogP contribution in [-0.4, -0.2) is 36.2 Å². The molecular weight excluding hydrogens is 301 g/mol. The van der Waals surface area contributed by atoms with Crippen molar-refractivity contribution < 1.29 is 27.5 Å². The molecular formula is C14H15F3N2O3. The highest BCUT2D eigenvalue weighted by Crippen LogP contribution is 2.24. The number of hydrogen-bond acceptors (Lipinski definition) is 3. The summed E-state index contributed by atoms with van der Waals surface area (Å²) in [6, 6.07) is 4.75. The summed E-state index contributed by atoms with van der Waals surface area (Å²) >= 11 is 0. The summed E-state index contributed by atoms with van der Waals surface area (Å²) in [5, 5.41) is 0. The fourth-order valence-corrected chi connectivity index (χ4v) is 2.35. The first-order valence-electron chi connectivity index (χ1n) is 6.70. The zero-order chi connectivity index (χ0) is 16.3. The Morgan fingerprint density at radius 3 is 2.14 bits per heavy atom. The van der Waals surface area contributed by atoms with Gasteiger partial charge in [-0.25, -0.2) is 0 Å². The van der Waals surface area contributed by atoms with E-state index in [1.54, 1.807) is 4.90 Å². The monoisotopic (exact) mass is 316 g/mol. The van der Waals surface area contributed by atoms with Crippen LogP contribution in [-0.2, 0) is 4.79 Å². The highest BCUT2D eigenvalue weighted by Gasteiger charge is 2.31. The van der Waals surface area contributed by atoms with E-state index in [-0.39, 0.29) is 29.0 Å². The molecule has 1 fully saturated rings. The van der Waals surface area contributed by atoms with Crippen LogP contribution in [0.4, 0.5) is 13.2 Å². The number of primary amides is 1. The average Bonchev–Trinajstić information content (AvgIpc) is 2.46. The Morgan fingerprint density at radius 1 is 1.14 bits per heavy atom. The van der Waals surface area contributed by atoms with E-state index in [9.17, 15) is 22.8 Å². The minimum Gasteiger partial charge on any atom is -0.406 e. The maximum absolute atomic E-state index is 12.2. The fourth-order valence-electron chi connectivity index (χ4n) is 2.35. The molecule has 2 amide bonds. The first kappa shape index (κ1) is 16.1. The van der Waals surface area contributed by atoms with Crippen LogP contribution < -0.4 is 10.5 Å². The first-order valence-corrected chi connectivity index (χ1v) is 6.70. The van der Waals surface area contributed by atoms with E-state index < -0.39 is 6.36 Å². The molecule has 1 aliphatic heterocycles. The molecule has 120 valence electrons. The van der Waals surface area contributed by atoms with Crippen LogP contribution in [0.2, 0.25) is 0 Å². The fraction of sp³-hybridized carbons (Fsp3) is 0.429. The number of nitrogens with two attached hydrogens (primary N) is 1. The van der Waals surface area contributed by atoms with Crippen LogP contribution in [0.15, 0.2) is 24.3 Å². The predicted octanol–water partition coefficient (Wildman–Crippen LogP) is 1.92. The van der Waals surface area contributed by atoms with E-state index in [1.165, 1.54) is 12.1 Å². The van der Waals surface area contributed by atoms with Gasteiger partial charge in [0.25, 0.3) is 5.91 Å². The number of carbonyl (C=O) groups excluding carboxylic acids is 2. The van der Waals surface area contributed by atoms with Crippen molar-refractivity contribution in [1.29, 1.82) is 0 Å². The quantitative estimate of drug-likeness (QED) is 0.926. The highest BCUT2D eigenvalue weighted by atomic mass is 19.4. The first-order chi connectivity index (χ1) is 10.3. The second-order valence-electron chi connectivity index (χ2n) is 5.04. The number of nitrogens with zero attached hydrogens (tertiary/aromatic N) is 1. The molecule has 0 aromatic heterocycles. The van der Waals surface area contributed by atoms with Gasteiger partial charge < -0.3 is 15.4 Å². The number of halogens is 3. The summed E-state index contributed by atoms with van der Waals surface area (Å²) in [4.78, 5) is 24.8. The zero-order valence-corrected chi connectivity index (χ0v) is 11.6. The smallest absolute Gasteiger partial charge is 0.406 e. The Kier molecular flexibility index (Phi) is 4.58. The predicted molar refractivity (Wildman–Crippen MR) is 70.9 cm³/mol. The molecule has 22 heavy (non-hydrogen) atoms. The van der Waals surface area contributed by atoms with Gasteiger partial charge in [0.1, 0.15) is 5.75 Å². The Hall–Kier alpha value is -2.25. The second kappa shape index (κ2) is 6.25. The van der Waals surface area contributed by atoms with E-state index in [1.807, 2.05) is 0 Å². The lowest BCUT2D eigenvalue weighted by Crippen LogP contribution is -2.41. The van der Waals surface area contributed by atoms with Gasteiger partial charge in [-0.3, -0.25) is 9.59 Å². The third kappa shape index (κ3) is 4.12. The number of carbonyl (C=O) groups is 2. The number of piperidine rings is 1. The largest absolute Gasteiger partial charge is 0.573 e. The lowest BCUT2D eigenvalue weighted by Gasteiger charge is -2.30. The van der Waals surface area contributed by atoms with Gasteiger partial charge in [-0.1, -0.05) is 0 Å². The number of alkyl halides is 3. The number of likely N-dealkylation sites (tertiary alicyclic amines) is 1. The third-order valence-electron chi connectivity index (χ3n) is 3.52. The molecule has 0 saturated carbocycles. The standard InChI is InChI=1S/C14H15F3N2O3/c15-14(16,17)22-11-3-1-10(2-4-11)13(21)19-7-5-9(6-8-19)12(18)20/h1-4,9H,5-8H2,(H2,18,20). The molecule has 0 radical (unpaired) electrons. The SMILES string of the molecule is NC(=O)C1CCN(C(=O)c2ccc(OC(F)(F)F)cc2)CC1. The van der Waals surface area contributed by atoms with Gasteiger partial charge in [-0.2, -0.15) is 0 Å². The van der Waals surface area contributed by atoms with Gasteiger partial charge in [0.2, 0.25) is 5.91 Å². The molecule has 5 nitrogen and oxygen atoms in total. The van der Waals surface area contributed by atoms with Crippen LogP contribution in [0.3, 0.4) is 0 Å². The van der Waals surface area contributed by atoms with Gasteiger partial charge >= 0.3 is 6.36 Å². The Bertz CT molecular complexity index is 549. The molecule has 1 saturated heterocycles. The lowest BCUT2D eigenvalue weighted by atomic mass is 9.96. The van der Waals surface area contributed by atoms with Crippen LogP contribution >= 0.6 is 0 Å². The minimum atomic E-state index is -4.76. The van der Waals surface area contributed by atoms with Crippen LogP contribution in [0.1, 0.15) is 23.2 Å². The molecule has 1 aromatic carbocycles. The summed E-state index contributed by atoms with van der Waals surface area (Å²) in [7, 11) is 0. The third-order valence-corrected chi connectivity index (χ3v) is 3.52. The number of hydrogen-bond donors (Lipinski definition) is 1. The van der Waals surface area contributed by atoms with Crippen molar-refractivity contribution in [3.05, 3.63) is 29.8 Å². The number of rotatable bonds is 3. The summed E-state index contributed by atoms with van der Waals surface area (Å²) in [6.07, 6.45) is -3.77. The van der Waals surface area contributed by atoms with Crippen molar-refractivity contribution >= 4 is 11.8 Å². The van der Waals surface area contributed by atoms with Gasteiger partial charge in [-0.15, -0.1) is 13.2 Å². The Balaban J connectivity index is 1.97. The van der Waals surface area contributed by atoms with Crippen molar-refractivity contribution in [2.45, 2.75) is 19.2 Å². The molecule has 1 heterocycles. The van der Waals surface area contributed by atoms with Crippen molar-refractivity contribution in [3.63, 3.8) is 0 Å². The van der Waals surface area contributed by atoms with E-state index in [4.69, 9.17) is 5.73 Å². The van der Waals surface area contributed by atoms with E-state index in [0.717, 1.165) is 12.1 Å². The van der Waals surface area contributed by atoms with Crippen molar-refractivity contribution in [1.82, 2.24) is 4.90 Å². The van der Waals surface area contributed by atoms with E-state index >= 15 is 0 Å². The topological polar surface area (TPSA) is 72.6 Å². The van der Waals surface area contributed by atoms with Gasteiger partial charge in [0, 0.05) is 24.6 Å². The number of benzene rings is 1. The van der Waals surface area contributed by atoms with Crippen molar-refractivity contribution in [2.24, 2.45) is 11.7 Å². The Morgan fingerprint density at radius 2 is 1.68 bits per heavy atom. The average molecular weight is 316 g/mol. The molecule has 1 aliphatic rings. The van der Waals surface area contributed by atoms with Gasteiger partial charge in [0.15, 0.2) is 0 Å². The summed E-state index contributed by atoms with van der Waals surface area (Å²) in [5.74, 6) is -1.27. The number of ether oxygens (including phenoxy) is 1. The summed E-state index contributed by atoms with van der Waals surface area (Å²) < 4.78 is 39.9. The molecule has 2 N–H and O–H groups in total. The maximum atomic E-state index is 12.2. The molecule has 1 aromatic rings. The highest BCUT2D eigenvalue weighted by molar-refractivity contribution is 5.94. The van der Waals surface area contributed by atoms with Gasteiger partial charge in [-0.05, 0) is 37.1 Å². The molecule has 2 rings (SSSR count). The molecule has 8 heteroatoms.